The van der Waals surface area contributed by atoms with Crippen LogP contribution in [0.4, 0.5) is 13.6 Å². The molecule has 1 heterocycles. The molecular formula is C17H23F2N3O2. The molecule has 132 valence electrons. The molecule has 0 aliphatic carbocycles. The number of carbonyl (C=O) groups excluding carboxylic acids is 2. The molecule has 1 aromatic rings. The van der Waals surface area contributed by atoms with E-state index in [0.29, 0.717) is 13.1 Å². The van der Waals surface area contributed by atoms with Crippen LogP contribution in [0.1, 0.15) is 38.8 Å². The number of rotatable bonds is 4. The quantitative estimate of drug-likeness (QED) is 0.886. The largest absolute Gasteiger partial charge is 0.347 e. The summed E-state index contributed by atoms with van der Waals surface area (Å²) in [6.07, 6.45) is 0.772. The Morgan fingerprint density at radius 1 is 1.38 bits per heavy atom. The van der Waals surface area contributed by atoms with Gasteiger partial charge in [-0.1, -0.05) is 26.8 Å². The molecule has 0 aromatic heterocycles. The normalized spacial score (nSPS) is 16.5. The molecule has 7 heteroatoms. The first-order valence-corrected chi connectivity index (χ1v) is 7.95. The number of benzene rings is 1. The Balaban J connectivity index is 2.14. The highest BCUT2D eigenvalue weighted by Crippen LogP contribution is 2.34. The van der Waals surface area contributed by atoms with Crippen LogP contribution in [-0.4, -0.2) is 36.5 Å². The van der Waals surface area contributed by atoms with Gasteiger partial charge in [-0.3, -0.25) is 4.79 Å². The minimum Gasteiger partial charge on any atom is -0.347 e. The maximum absolute atomic E-state index is 14.1. The zero-order chi connectivity index (χ0) is 17.9. The second kappa shape index (κ2) is 7.15. The molecule has 24 heavy (non-hydrogen) atoms. The Labute approximate surface area is 140 Å². The average molecular weight is 339 g/mol. The lowest BCUT2D eigenvalue weighted by molar-refractivity contribution is -0.123. The van der Waals surface area contributed by atoms with E-state index >= 15 is 0 Å². The second-order valence-electron chi connectivity index (χ2n) is 7.04. The molecule has 0 saturated carbocycles. The number of nitrogens with one attached hydrogen (secondary N) is 2. The molecule has 0 unspecified atom stereocenters. The maximum atomic E-state index is 14.1. The van der Waals surface area contributed by atoms with Crippen LogP contribution in [0.25, 0.3) is 0 Å². The molecule has 1 saturated heterocycles. The number of carbonyl (C=O) groups is 2. The predicted molar refractivity (Wildman–Crippen MR) is 86.3 cm³/mol. The Hall–Kier alpha value is -2.18. The molecule has 1 aliphatic heterocycles. The number of halogens is 2. The van der Waals surface area contributed by atoms with Gasteiger partial charge in [-0.05, 0) is 17.9 Å². The van der Waals surface area contributed by atoms with Gasteiger partial charge in [0.2, 0.25) is 5.91 Å². The van der Waals surface area contributed by atoms with Gasteiger partial charge in [0, 0.05) is 24.7 Å². The molecule has 1 atom stereocenters. The predicted octanol–water partition coefficient (Wildman–Crippen LogP) is 2.58. The Bertz CT molecular complexity index is 629. The van der Waals surface area contributed by atoms with Gasteiger partial charge < -0.3 is 15.5 Å². The molecule has 0 radical (unpaired) electrons. The van der Waals surface area contributed by atoms with Crippen molar-refractivity contribution in [1.29, 1.82) is 0 Å². The van der Waals surface area contributed by atoms with Gasteiger partial charge >= 0.3 is 6.03 Å². The van der Waals surface area contributed by atoms with E-state index < -0.39 is 23.1 Å². The van der Waals surface area contributed by atoms with Crippen molar-refractivity contribution < 1.29 is 18.4 Å². The summed E-state index contributed by atoms with van der Waals surface area (Å²) in [4.78, 5) is 25.5. The number of hydrogen-bond donors (Lipinski definition) is 2. The smallest absolute Gasteiger partial charge is 0.317 e. The third kappa shape index (κ3) is 4.43. The first kappa shape index (κ1) is 18.2. The van der Waals surface area contributed by atoms with Gasteiger partial charge in [-0.2, -0.15) is 0 Å². The highest BCUT2D eigenvalue weighted by Gasteiger charge is 2.31. The molecule has 0 spiro atoms. The highest BCUT2D eigenvalue weighted by atomic mass is 19.1. The molecule has 1 fully saturated rings. The first-order chi connectivity index (χ1) is 11.2. The summed E-state index contributed by atoms with van der Waals surface area (Å²) in [6, 6.07) is 2.39. The van der Waals surface area contributed by atoms with Crippen molar-refractivity contribution in [2.45, 2.75) is 33.2 Å². The van der Waals surface area contributed by atoms with Crippen molar-refractivity contribution >= 4 is 11.9 Å². The van der Waals surface area contributed by atoms with E-state index in [4.69, 9.17) is 0 Å². The molecule has 1 aliphatic rings. The molecule has 0 bridgehead atoms. The van der Waals surface area contributed by atoms with Gasteiger partial charge in [0.05, 0.1) is 6.04 Å². The first-order valence-electron chi connectivity index (χ1n) is 7.95. The monoisotopic (exact) mass is 339 g/mol. The van der Waals surface area contributed by atoms with Crippen LogP contribution in [0.2, 0.25) is 0 Å². The Morgan fingerprint density at radius 2 is 2.08 bits per heavy atom. The number of hydrogen-bond acceptors (Lipinski definition) is 2. The third-order valence-corrected chi connectivity index (χ3v) is 3.95. The van der Waals surface area contributed by atoms with E-state index in [1.54, 1.807) is 0 Å². The summed E-state index contributed by atoms with van der Waals surface area (Å²) in [5.41, 5.74) is -0.265. The van der Waals surface area contributed by atoms with Gasteiger partial charge in [0.1, 0.15) is 18.2 Å². The summed E-state index contributed by atoms with van der Waals surface area (Å²) in [5, 5.41) is 5.45. The fourth-order valence-electron chi connectivity index (χ4n) is 2.71. The van der Waals surface area contributed by atoms with Crippen molar-refractivity contribution in [3.63, 3.8) is 0 Å². The van der Waals surface area contributed by atoms with E-state index in [2.05, 4.69) is 10.6 Å². The zero-order valence-electron chi connectivity index (χ0n) is 14.2. The molecule has 1 aromatic carbocycles. The molecule has 2 rings (SSSR count). The SMILES string of the molecule is CC(C)(C)[C@@H](NC(=O)CN1CCCNC1=O)c1ccc(F)cc1F. The van der Waals surface area contributed by atoms with Crippen molar-refractivity contribution in [3.05, 3.63) is 35.4 Å². The summed E-state index contributed by atoms with van der Waals surface area (Å²) < 4.78 is 27.3. The van der Waals surface area contributed by atoms with E-state index in [-0.39, 0.29) is 24.0 Å². The van der Waals surface area contributed by atoms with Crippen molar-refractivity contribution in [3.8, 4) is 0 Å². The zero-order valence-corrected chi connectivity index (χ0v) is 14.2. The van der Waals surface area contributed by atoms with Crippen molar-refractivity contribution in [2.75, 3.05) is 19.6 Å². The summed E-state index contributed by atoms with van der Waals surface area (Å²) in [7, 11) is 0. The summed E-state index contributed by atoms with van der Waals surface area (Å²) >= 11 is 0. The molecule has 2 N–H and O–H groups in total. The van der Waals surface area contributed by atoms with Crippen LogP contribution < -0.4 is 10.6 Å². The lowest BCUT2D eigenvalue weighted by atomic mass is 9.82. The summed E-state index contributed by atoms with van der Waals surface area (Å²) in [5.74, 6) is -1.75. The van der Waals surface area contributed by atoms with Crippen molar-refractivity contribution in [1.82, 2.24) is 15.5 Å². The van der Waals surface area contributed by atoms with Crippen LogP contribution in [0.3, 0.4) is 0 Å². The van der Waals surface area contributed by atoms with Crippen LogP contribution in [0.5, 0.6) is 0 Å². The molecule has 5 nitrogen and oxygen atoms in total. The van der Waals surface area contributed by atoms with Crippen LogP contribution in [-0.2, 0) is 4.79 Å². The Morgan fingerprint density at radius 3 is 2.67 bits per heavy atom. The Kier molecular flexibility index (Phi) is 5.41. The molecular weight excluding hydrogens is 316 g/mol. The highest BCUT2D eigenvalue weighted by molar-refractivity contribution is 5.84. The second-order valence-corrected chi connectivity index (χ2v) is 7.04. The number of amides is 3. The number of nitrogens with zero attached hydrogens (tertiary/aromatic N) is 1. The van der Waals surface area contributed by atoms with E-state index in [0.717, 1.165) is 12.5 Å². The minimum atomic E-state index is -0.703. The van der Waals surface area contributed by atoms with E-state index in [1.165, 1.54) is 17.0 Å². The fourth-order valence-corrected chi connectivity index (χ4v) is 2.71. The number of urea groups is 1. The lowest BCUT2D eigenvalue weighted by Crippen LogP contribution is -2.51. The average Bonchev–Trinajstić information content (AvgIpc) is 2.47. The molecule has 3 amide bonds. The minimum absolute atomic E-state index is 0.0960. The van der Waals surface area contributed by atoms with Crippen LogP contribution in [0, 0.1) is 17.0 Å². The van der Waals surface area contributed by atoms with Crippen molar-refractivity contribution in [2.24, 2.45) is 5.41 Å². The lowest BCUT2D eigenvalue weighted by Gasteiger charge is -2.33. The topological polar surface area (TPSA) is 61.4 Å². The van der Waals surface area contributed by atoms with Gasteiger partial charge in [-0.25, -0.2) is 13.6 Å². The summed E-state index contributed by atoms with van der Waals surface area (Å²) in [6.45, 7) is 6.57. The van der Waals surface area contributed by atoms with Gasteiger partial charge in [-0.15, -0.1) is 0 Å². The van der Waals surface area contributed by atoms with E-state index in [9.17, 15) is 18.4 Å². The van der Waals surface area contributed by atoms with E-state index in [1.807, 2.05) is 20.8 Å². The third-order valence-electron chi connectivity index (χ3n) is 3.95. The maximum Gasteiger partial charge on any atom is 0.317 e. The van der Waals surface area contributed by atoms with Crippen LogP contribution in [0.15, 0.2) is 18.2 Å². The fraction of sp³-hybridized carbons (Fsp3) is 0.529. The van der Waals surface area contributed by atoms with Crippen LogP contribution >= 0.6 is 0 Å². The van der Waals surface area contributed by atoms with Gasteiger partial charge in [0.25, 0.3) is 0 Å². The van der Waals surface area contributed by atoms with Gasteiger partial charge in [0.15, 0.2) is 0 Å². The standard InChI is InChI=1S/C17H23F2N3O2/c1-17(2,3)15(12-6-5-11(18)9-13(12)19)21-14(23)10-22-8-4-7-20-16(22)24/h5-6,9,15H,4,7-8,10H2,1-3H3,(H,20,24)(H,21,23)/t15-/m0/s1.